The van der Waals surface area contributed by atoms with Gasteiger partial charge in [-0.15, -0.1) is 0 Å². The van der Waals surface area contributed by atoms with E-state index >= 15 is 0 Å². The Hall–Kier alpha value is -3.50. The summed E-state index contributed by atoms with van der Waals surface area (Å²) < 4.78 is 35.3. The number of aromatic nitrogens is 2. The van der Waals surface area contributed by atoms with Crippen LogP contribution in [-0.4, -0.2) is 46.8 Å². The number of pyridine rings is 2. The number of hydrogen-bond donors (Lipinski definition) is 2. The van der Waals surface area contributed by atoms with E-state index in [0.29, 0.717) is 31.5 Å². The third-order valence-electron chi connectivity index (χ3n) is 5.78. The molecule has 2 aromatic heterocycles. The van der Waals surface area contributed by atoms with Crippen molar-refractivity contribution in [3.63, 3.8) is 0 Å². The van der Waals surface area contributed by atoms with E-state index in [1.807, 2.05) is 19.9 Å². The van der Waals surface area contributed by atoms with E-state index in [1.165, 1.54) is 24.1 Å². The zero-order valence-electron chi connectivity index (χ0n) is 19.2. The second-order valence-corrected chi connectivity index (χ2v) is 8.30. The van der Waals surface area contributed by atoms with Crippen LogP contribution in [0.3, 0.4) is 0 Å². The minimum atomic E-state index is -3.15. The topological polar surface area (TPSA) is 114 Å². The molecule has 2 aromatic rings. The number of alkyl halides is 2. The Morgan fingerprint density at radius 3 is 2.47 bits per heavy atom. The van der Waals surface area contributed by atoms with Gasteiger partial charge in [-0.05, 0) is 49.3 Å². The van der Waals surface area contributed by atoms with Crippen molar-refractivity contribution in [1.82, 2.24) is 9.97 Å². The van der Waals surface area contributed by atoms with Gasteiger partial charge in [0.05, 0.1) is 13.0 Å². The molecule has 11 heteroatoms. The molecular weight excluding hydrogens is 450 g/mol. The number of rotatable bonds is 8. The fraction of sp³-hybridized carbons (Fsp3) is 0.478. The smallest absolute Gasteiger partial charge is 0.388 e. The fourth-order valence-corrected chi connectivity index (χ4v) is 4.06. The zero-order chi connectivity index (χ0) is 24.8. The molecule has 0 atom stereocenters. The number of urea groups is 1. The van der Waals surface area contributed by atoms with E-state index in [4.69, 9.17) is 4.74 Å². The molecule has 9 nitrogen and oxygen atoms in total. The predicted octanol–water partition coefficient (Wildman–Crippen LogP) is 4.89. The number of hydrogen-bond acceptors (Lipinski definition) is 6. The number of nitrogens with one attached hydrogen (secondary N) is 1. The van der Waals surface area contributed by atoms with Crippen molar-refractivity contribution in [3.05, 3.63) is 36.0 Å². The Balaban J connectivity index is 1.96. The number of amides is 2. The van der Waals surface area contributed by atoms with Crippen molar-refractivity contribution in [2.24, 2.45) is 5.92 Å². The van der Waals surface area contributed by atoms with Crippen molar-refractivity contribution >= 4 is 23.5 Å². The first-order chi connectivity index (χ1) is 16.2. The molecule has 1 fully saturated rings. The number of carboxylic acids is 1. The van der Waals surface area contributed by atoms with Crippen molar-refractivity contribution in [2.45, 2.75) is 58.1 Å². The molecule has 1 saturated carbocycles. The number of nitrogens with zero attached hydrogens (tertiary/aromatic N) is 3. The average Bonchev–Trinajstić information content (AvgIpc) is 2.80. The summed E-state index contributed by atoms with van der Waals surface area (Å²) >= 11 is 0. The van der Waals surface area contributed by atoms with Gasteiger partial charge in [0.2, 0.25) is 11.8 Å². The van der Waals surface area contributed by atoms with Crippen molar-refractivity contribution < 1.29 is 33.0 Å². The molecule has 0 spiro atoms. The Kier molecular flexibility index (Phi) is 8.19. The SMILES string of the molecule is COc1ccc(NC(=O)N(c2ncccc2C(C)C)C2CCC(C(=O)O)CC2)c(OC(F)F)n1. The lowest BCUT2D eigenvalue weighted by Gasteiger charge is -2.36. The fourth-order valence-electron chi connectivity index (χ4n) is 4.06. The van der Waals surface area contributed by atoms with E-state index in [1.54, 1.807) is 12.3 Å². The highest BCUT2D eigenvalue weighted by molar-refractivity contribution is 6.02. The second-order valence-electron chi connectivity index (χ2n) is 8.30. The lowest BCUT2D eigenvalue weighted by molar-refractivity contribution is -0.142. The quantitative estimate of drug-likeness (QED) is 0.555. The number of methoxy groups -OCH3 is 1. The number of ether oxygens (including phenoxy) is 2. The molecule has 0 unspecified atom stereocenters. The van der Waals surface area contributed by atoms with Crippen molar-refractivity contribution in [2.75, 3.05) is 17.3 Å². The number of aliphatic carboxylic acids is 1. The highest BCUT2D eigenvalue weighted by atomic mass is 19.3. The summed E-state index contributed by atoms with van der Waals surface area (Å²) in [5.74, 6) is -1.27. The standard InChI is InChI=1S/C23H28F2N4O5/c1-13(2)16-5-4-12-26-19(16)29(15-8-6-14(7-9-15)21(30)31)23(32)27-17-10-11-18(33-3)28-20(17)34-22(24)25/h4-5,10-15,22H,6-9H2,1-3H3,(H,27,32)(H,30,31). The third-order valence-corrected chi connectivity index (χ3v) is 5.78. The number of carbonyl (C=O) groups excluding carboxylic acids is 1. The Morgan fingerprint density at radius 1 is 1.18 bits per heavy atom. The van der Waals surface area contributed by atoms with Crippen LogP contribution in [-0.2, 0) is 4.79 Å². The molecule has 0 radical (unpaired) electrons. The van der Waals surface area contributed by atoms with E-state index in [2.05, 4.69) is 20.0 Å². The average molecular weight is 478 g/mol. The molecule has 184 valence electrons. The Morgan fingerprint density at radius 2 is 1.88 bits per heavy atom. The van der Waals surface area contributed by atoms with E-state index in [-0.39, 0.29) is 23.5 Å². The van der Waals surface area contributed by atoms with Crippen LogP contribution in [0.25, 0.3) is 0 Å². The van der Waals surface area contributed by atoms with E-state index in [0.717, 1.165) is 5.56 Å². The minimum absolute atomic E-state index is 0.0457. The van der Waals surface area contributed by atoms with Gasteiger partial charge < -0.3 is 19.9 Å². The van der Waals surface area contributed by atoms with E-state index in [9.17, 15) is 23.5 Å². The van der Waals surface area contributed by atoms with Crippen LogP contribution in [0.2, 0.25) is 0 Å². The molecule has 1 aliphatic rings. The van der Waals surface area contributed by atoms with Crippen LogP contribution in [0.1, 0.15) is 51.0 Å². The summed E-state index contributed by atoms with van der Waals surface area (Å²) in [6.45, 7) is 0.792. The van der Waals surface area contributed by atoms with Crippen molar-refractivity contribution in [3.8, 4) is 11.8 Å². The summed E-state index contributed by atoms with van der Waals surface area (Å²) in [4.78, 5) is 34.8. The van der Waals surface area contributed by atoms with Crippen LogP contribution < -0.4 is 19.7 Å². The van der Waals surface area contributed by atoms with Gasteiger partial charge in [0.1, 0.15) is 11.5 Å². The minimum Gasteiger partial charge on any atom is -0.481 e. The molecule has 3 rings (SSSR count). The lowest BCUT2D eigenvalue weighted by Crippen LogP contribution is -2.46. The maximum atomic E-state index is 13.6. The predicted molar refractivity (Wildman–Crippen MR) is 121 cm³/mol. The Labute approximate surface area is 196 Å². The molecule has 0 aliphatic heterocycles. The van der Waals surface area contributed by atoms with Gasteiger partial charge in [-0.1, -0.05) is 19.9 Å². The van der Waals surface area contributed by atoms with Gasteiger partial charge >= 0.3 is 18.6 Å². The molecule has 1 aliphatic carbocycles. The van der Waals surface area contributed by atoms with Gasteiger partial charge in [0.15, 0.2) is 0 Å². The van der Waals surface area contributed by atoms with Crippen LogP contribution in [0, 0.1) is 5.92 Å². The Bertz CT molecular complexity index is 1010. The molecule has 0 saturated heterocycles. The maximum absolute atomic E-state index is 13.6. The molecule has 0 bridgehead atoms. The monoisotopic (exact) mass is 478 g/mol. The first kappa shape index (κ1) is 25.1. The third kappa shape index (κ3) is 5.89. The summed E-state index contributed by atoms with van der Waals surface area (Å²) in [5.41, 5.74) is 0.771. The van der Waals surface area contributed by atoms with Gasteiger partial charge in [0.25, 0.3) is 0 Å². The maximum Gasteiger partial charge on any atom is 0.388 e. The number of carboxylic acid groups (broad SMARTS) is 1. The normalized spacial score (nSPS) is 18.0. The molecule has 34 heavy (non-hydrogen) atoms. The van der Waals surface area contributed by atoms with Crippen LogP contribution in [0.15, 0.2) is 30.5 Å². The summed E-state index contributed by atoms with van der Waals surface area (Å²) in [7, 11) is 1.33. The van der Waals surface area contributed by atoms with Crippen LogP contribution >= 0.6 is 0 Å². The molecule has 2 amide bonds. The summed E-state index contributed by atoms with van der Waals surface area (Å²) in [6.07, 6.45) is 3.32. The zero-order valence-corrected chi connectivity index (χ0v) is 19.2. The first-order valence-corrected chi connectivity index (χ1v) is 11.0. The number of carbonyl (C=O) groups is 2. The van der Waals surface area contributed by atoms with Gasteiger partial charge in [-0.2, -0.15) is 13.8 Å². The highest BCUT2D eigenvalue weighted by Crippen LogP contribution is 2.35. The number of halogens is 2. The van der Waals surface area contributed by atoms with Gasteiger partial charge in [0, 0.05) is 18.3 Å². The summed E-state index contributed by atoms with van der Waals surface area (Å²) in [5, 5.41) is 12.0. The first-order valence-electron chi connectivity index (χ1n) is 11.0. The van der Waals surface area contributed by atoms with Crippen LogP contribution in [0.5, 0.6) is 11.8 Å². The molecule has 0 aromatic carbocycles. The van der Waals surface area contributed by atoms with Gasteiger partial charge in [-0.25, -0.2) is 9.78 Å². The molecule has 2 heterocycles. The van der Waals surface area contributed by atoms with E-state index < -0.39 is 30.4 Å². The molecule has 2 N–H and O–H groups in total. The van der Waals surface area contributed by atoms with Crippen molar-refractivity contribution in [1.29, 1.82) is 0 Å². The van der Waals surface area contributed by atoms with Crippen LogP contribution in [0.4, 0.5) is 25.1 Å². The lowest BCUT2D eigenvalue weighted by atomic mass is 9.85. The summed E-state index contributed by atoms with van der Waals surface area (Å²) in [6, 6.07) is 5.49. The largest absolute Gasteiger partial charge is 0.481 e. The second kappa shape index (κ2) is 11.1. The highest BCUT2D eigenvalue weighted by Gasteiger charge is 2.35. The van der Waals surface area contributed by atoms with Gasteiger partial charge in [-0.3, -0.25) is 9.69 Å². The molecular formula is C23H28F2N4O5. The number of anilines is 2.